The Morgan fingerprint density at radius 1 is 1.20 bits per heavy atom. The van der Waals surface area contributed by atoms with Crippen molar-refractivity contribution in [3.05, 3.63) is 34.1 Å². The molecular formula is C14H17N5O4S2. The molecule has 1 aliphatic heterocycles. The minimum absolute atomic E-state index is 0.253. The normalized spacial score (nSPS) is 15.4. The van der Waals surface area contributed by atoms with Gasteiger partial charge in [-0.1, -0.05) is 6.07 Å². The van der Waals surface area contributed by atoms with Crippen molar-refractivity contribution >= 4 is 37.9 Å². The molecule has 0 N–H and O–H groups in total. The van der Waals surface area contributed by atoms with Crippen LogP contribution in [0.3, 0.4) is 0 Å². The van der Waals surface area contributed by atoms with Gasteiger partial charge >= 0.3 is 5.69 Å². The second kappa shape index (κ2) is 6.56. The maximum atomic E-state index is 11.9. The van der Waals surface area contributed by atoms with Crippen molar-refractivity contribution in [2.24, 2.45) is 0 Å². The van der Waals surface area contributed by atoms with E-state index >= 15 is 0 Å². The summed E-state index contributed by atoms with van der Waals surface area (Å²) < 4.78 is 27.9. The molecule has 0 radical (unpaired) electrons. The van der Waals surface area contributed by atoms with Crippen molar-refractivity contribution in [1.82, 2.24) is 9.36 Å². The number of sulfone groups is 1. The minimum Gasteiger partial charge on any atom is -0.362 e. The Morgan fingerprint density at radius 3 is 2.36 bits per heavy atom. The third-order valence-electron chi connectivity index (χ3n) is 3.97. The van der Waals surface area contributed by atoms with Crippen LogP contribution < -0.4 is 9.80 Å². The molecule has 2 heterocycles. The predicted molar refractivity (Wildman–Crippen MR) is 95.3 cm³/mol. The Bertz CT molecular complexity index is 904. The highest BCUT2D eigenvalue weighted by atomic mass is 32.2. The molecule has 1 fully saturated rings. The lowest BCUT2D eigenvalue weighted by atomic mass is 10.2. The lowest BCUT2D eigenvalue weighted by molar-refractivity contribution is -0.387. The third kappa shape index (κ3) is 3.56. The molecule has 0 saturated carbocycles. The van der Waals surface area contributed by atoms with Gasteiger partial charge in [-0.05, 0) is 19.1 Å². The van der Waals surface area contributed by atoms with E-state index in [4.69, 9.17) is 0 Å². The highest BCUT2D eigenvalue weighted by molar-refractivity contribution is 7.90. The van der Waals surface area contributed by atoms with Gasteiger partial charge in [0.25, 0.3) is 0 Å². The molecule has 0 atom stereocenters. The van der Waals surface area contributed by atoms with Crippen LogP contribution in [0.4, 0.5) is 16.5 Å². The molecule has 1 aliphatic rings. The van der Waals surface area contributed by atoms with E-state index in [2.05, 4.69) is 14.3 Å². The summed E-state index contributed by atoms with van der Waals surface area (Å²) in [6.07, 6.45) is 0.981. The molecule has 3 rings (SSSR count). The van der Waals surface area contributed by atoms with Gasteiger partial charge < -0.3 is 9.80 Å². The van der Waals surface area contributed by atoms with Crippen molar-refractivity contribution in [2.75, 3.05) is 42.2 Å². The molecule has 134 valence electrons. The molecule has 1 aromatic carbocycles. The van der Waals surface area contributed by atoms with Crippen molar-refractivity contribution in [2.45, 2.75) is 11.8 Å². The van der Waals surface area contributed by atoms with Gasteiger partial charge in [-0.15, -0.1) is 0 Å². The second-order valence-electron chi connectivity index (χ2n) is 5.75. The Kier molecular flexibility index (Phi) is 4.60. The van der Waals surface area contributed by atoms with E-state index in [1.165, 1.54) is 17.6 Å². The number of para-hydroxylation sites is 1. The number of hydrogen-bond acceptors (Lipinski definition) is 9. The van der Waals surface area contributed by atoms with Gasteiger partial charge in [0.2, 0.25) is 5.13 Å². The van der Waals surface area contributed by atoms with Gasteiger partial charge in [-0.3, -0.25) is 10.1 Å². The number of aromatic nitrogens is 2. The number of rotatable bonds is 4. The van der Waals surface area contributed by atoms with Crippen molar-refractivity contribution in [3.63, 3.8) is 0 Å². The maximum absolute atomic E-state index is 11.9. The number of nitro benzene ring substituents is 1. The van der Waals surface area contributed by atoms with Crippen molar-refractivity contribution < 1.29 is 13.3 Å². The average Bonchev–Trinajstić information content (AvgIpc) is 3.00. The highest BCUT2D eigenvalue weighted by Crippen LogP contribution is 2.35. The fourth-order valence-electron chi connectivity index (χ4n) is 2.80. The minimum atomic E-state index is -3.69. The van der Waals surface area contributed by atoms with E-state index in [0.717, 1.165) is 17.2 Å². The standard InChI is InChI=1S/C14H17N5O4S2/c1-10-15-14(24-16-10)18-8-6-17(7-9-18)11-4-3-5-12(25(2,22)23)13(11)19(20)21/h3-5H,6-9H2,1-2H3. The van der Waals surface area contributed by atoms with Crippen molar-refractivity contribution in [1.29, 1.82) is 0 Å². The predicted octanol–water partition coefficient (Wildman–Crippen LogP) is 1.48. The van der Waals surface area contributed by atoms with Crippen molar-refractivity contribution in [3.8, 4) is 0 Å². The van der Waals surface area contributed by atoms with Gasteiger partial charge in [0.05, 0.1) is 4.92 Å². The van der Waals surface area contributed by atoms with Crippen LogP contribution in [0.5, 0.6) is 0 Å². The first-order chi connectivity index (χ1) is 11.8. The summed E-state index contributed by atoms with van der Waals surface area (Å²) in [5.74, 6) is 0.721. The summed E-state index contributed by atoms with van der Waals surface area (Å²) in [5.41, 5.74) is -0.0220. The Morgan fingerprint density at radius 2 is 1.84 bits per heavy atom. The first-order valence-electron chi connectivity index (χ1n) is 7.55. The summed E-state index contributed by atoms with van der Waals surface area (Å²) >= 11 is 1.33. The Hall–Kier alpha value is -2.27. The van der Waals surface area contributed by atoms with Gasteiger partial charge in [0.15, 0.2) is 9.84 Å². The zero-order chi connectivity index (χ0) is 18.2. The SMILES string of the molecule is Cc1nsc(N2CCN(c3cccc(S(C)(=O)=O)c3[N+](=O)[O-])CC2)n1. The van der Waals surface area contributed by atoms with Crippen LogP contribution in [0.25, 0.3) is 0 Å². The highest BCUT2D eigenvalue weighted by Gasteiger charge is 2.30. The zero-order valence-electron chi connectivity index (χ0n) is 13.7. The number of nitrogens with zero attached hydrogens (tertiary/aromatic N) is 5. The van der Waals surface area contributed by atoms with E-state index in [-0.39, 0.29) is 10.6 Å². The zero-order valence-corrected chi connectivity index (χ0v) is 15.4. The lowest BCUT2D eigenvalue weighted by Crippen LogP contribution is -2.46. The van der Waals surface area contributed by atoms with E-state index in [1.54, 1.807) is 12.1 Å². The Balaban J connectivity index is 1.87. The van der Waals surface area contributed by atoms with Gasteiger partial charge in [-0.2, -0.15) is 4.37 Å². The molecule has 25 heavy (non-hydrogen) atoms. The van der Waals surface area contributed by atoms with Crippen LogP contribution in [0, 0.1) is 17.0 Å². The molecule has 0 bridgehead atoms. The van der Waals surface area contributed by atoms with Crippen LogP contribution in [0.15, 0.2) is 23.1 Å². The number of anilines is 2. The van der Waals surface area contributed by atoms with Gasteiger partial charge in [0.1, 0.15) is 16.4 Å². The van der Waals surface area contributed by atoms with Gasteiger partial charge in [-0.25, -0.2) is 13.4 Å². The van der Waals surface area contributed by atoms with Crippen LogP contribution in [-0.4, -0.2) is 55.1 Å². The monoisotopic (exact) mass is 383 g/mol. The molecule has 2 aromatic rings. The fourth-order valence-corrected chi connectivity index (χ4v) is 4.38. The second-order valence-corrected chi connectivity index (χ2v) is 8.47. The first-order valence-corrected chi connectivity index (χ1v) is 10.2. The molecule has 0 unspecified atom stereocenters. The lowest BCUT2D eigenvalue weighted by Gasteiger charge is -2.35. The maximum Gasteiger partial charge on any atom is 0.311 e. The summed E-state index contributed by atoms with van der Waals surface area (Å²) in [4.78, 5) is 18.9. The van der Waals surface area contributed by atoms with Crippen LogP contribution in [0.1, 0.15) is 5.82 Å². The third-order valence-corrected chi connectivity index (χ3v) is 5.96. The topological polar surface area (TPSA) is 110 Å². The van der Waals surface area contributed by atoms with Crippen LogP contribution in [-0.2, 0) is 9.84 Å². The summed E-state index contributed by atoms with van der Waals surface area (Å²) in [7, 11) is -3.69. The molecule has 1 aromatic heterocycles. The smallest absolute Gasteiger partial charge is 0.311 e. The fraction of sp³-hybridized carbons (Fsp3) is 0.429. The first kappa shape index (κ1) is 17.5. The largest absolute Gasteiger partial charge is 0.362 e. The van der Waals surface area contributed by atoms with E-state index in [0.29, 0.717) is 31.9 Å². The molecular weight excluding hydrogens is 366 g/mol. The van der Waals surface area contributed by atoms with E-state index in [1.807, 2.05) is 11.8 Å². The van der Waals surface area contributed by atoms with Crippen LogP contribution >= 0.6 is 11.5 Å². The summed E-state index contributed by atoms with van der Waals surface area (Å²) in [5, 5.41) is 12.3. The molecule has 1 saturated heterocycles. The summed E-state index contributed by atoms with van der Waals surface area (Å²) in [6.45, 7) is 4.17. The molecule has 0 amide bonds. The molecule has 11 heteroatoms. The van der Waals surface area contributed by atoms with Crippen LogP contribution in [0.2, 0.25) is 0 Å². The molecule has 0 aliphatic carbocycles. The number of piperazine rings is 1. The van der Waals surface area contributed by atoms with E-state index < -0.39 is 14.8 Å². The number of hydrogen-bond donors (Lipinski definition) is 0. The van der Waals surface area contributed by atoms with E-state index in [9.17, 15) is 18.5 Å². The molecule has 9 nitrogen and oxygen atoms in total. The summed E-state index contributed by atoms with van der Waals surface area (Å²) in [6, 6.07) is 4.41. The number of benzene rings is 1. The Labute approximate surface area is 149 Å². The van der Waals surface area contributed by atoms with Gasteiger partial charge in [0, 0.05) is 44.0 Å². The average molecular weight is 383 g/mol. The number of nitro groups is 1. The quantitative estimate of drug-likeness (QED) is 0.577. The molecule has 0 spiro atoms. The number of aryl methyl sites for hydroxylation is 1.